The molecule has 0 spiro atoms. The van der Waals surface area contributed by atoms with Gasteiger partial charge in [-0.2, -0.15) is 0 Å². The van der Waals surface area contributed by atoms with E-state index in [1.54, 1.807) is 18.5 Å². The zero-order chi connectivity index (χ0) is 16.1. The topological polar surface area (TPSA) is 81.8 Å². The number of nitrogens with two attached hydrogens (primary N) is 1. The Balaban J connectivity index is 0.000000140. The highest BCUT2D eigenvalue weighted by atomic mass is 16.1. The average molecular weight is 302 g/mol. The van der Waals surface area contributed by atoms with Crippen LogP contribution < -0.4 is 5.73 Å². The Morgan fingerprint density at radius 1 is 0.739 bits per heavy atom. The van der Waals surface area contributed by atoms with Crippen LogP contribution in [0.1, 0.15) is 10.5 Å². The van der Waals surface area contributed by atoms with E-state index >= 15 is 0 Å². The van der Waals surface area contributed by atoms with Crippen molar-refractivity contribution in [3.8, 4) is 0 Å². The SMILES string of the molecule is NC(=O)c1ccc2ccccc2n1.c1ccc2nccnc2c1. The first-order valence-corrected chi connectivity index (χ1v) is 7.05. The third-order valence-corrected chi connectivity index (χ3v) is 3.23. The van der Waals surface area contributed by atoms with Crippen molar-refractivity contribution in [2.24, 2.45) is 5.73 Å². The van der Waals surface area contributed by atoms with Crippen molar-refractivity contribution in [1.82, 2.24) is 15.0 Å². The minimum atomic E-state index is -0.495. The lowest BCUT2D eigenvalue weighted by atomic mass is 10.2. The Morgan fingerprint density at radius 3 is 1.91 bits per heavy atom. The van der Waals surface area contributed by atoms with Crippen LogP contribution >= 0.6 is 0 Å². The number of para-hydroxylation sites is 3. The summed E-state index contributed by atoms with van der Waals surface area (Å²) in [6.07, 6.45) is 3.39. The molecule has 0 saturated heterocycles. The molecule has 5 heteroatoms. The number of benzene rings is 2. The van der Waals surface area contributed by atoms with Crippen molar-refractivity contribution >= 4 is 27.8 Å². The molecule has 0 bridgehead atoms. The van der Waals surface area contributed by atoms with Gasteiger partial charge in [0.15, 0.2) is 0 Å². The van der Waals surface area contributed by atoms with Crippen molar-refractivity contribution in [2.75, 3.05) is 0 Å². The molecule has 0 radical (unpaired) electrons. The van der Waals surface area contributed by atoms with Gasteiger partial charge in [-0.05, 0) is 24.3 Å². The summed E-state index contributed by atoms with van der Waals surface area (Å²) in [5, 5.41) is 1.01. The van der Waals surface area contributed by atoms with Crippen LogP contribution in [0.25, 0.3) is 21.9 Å². The van der Waals surface area contributed by atoms with E-state index in [9.17, 15) is 4.79 Å². The van der Waals surface area contributed by atoms with Crippen LogP contribution in [0.2, 0.25) is 0 Å². The Bertz CT molecular complexity index is 903. The van der Waals surface area contributed by atoms with Crippen LogP contribution in [0.5, 0.6) is 0 Å². The number of primary amides is 1. The molecule has 0 fully saturated rings. The lowest BCUT2D eigenvalue weighted by Crippen LogP contribution is -2.12. The normalized spacial score (nSPS) is 10.1. The molecule has 0 aliphatic carbocycles. The van der Waals surface area contributed by atoms with E-state index in [0.717, 1.165) is 21.9 Å². The molecule has 112 valence electrons. The molecular weight excluding hydrogens is 288 g/mol. The first-order chi connectivity index (χ1) is 11.2. The summed E-state index contributed by atoms with van der Waals surface area (Å²) < 4.78 is 0. The number of fused-ring (bicyclic) bond motifs is 2. The van der Waals surface area contributed by atoms with E-state index < -0.39 is 5.91 Å². The van der Waals surface area contributed by atoms with E-state index in [-0.39, 0.29) is 0 Å². The summed E-state index contributed by atoms with van der Waals surface area (Å²) in [5.74, 6) is -0.495. The highest BCUT2D eigenvalue weighted by molar-refractivity contribution is 5.93. The monoisotopic (exact) mass is 302 g/mol. The van der Waals surface area contributed by atoms with Crippen LogP contribution in [-0.2, 0) is 0 Å². The molecule has 4 aromatic rings. The maximum atomic E-state index is 10.8. The smallest absolute Gasteiger partial charge is 0.267 e. The average Bonchev–Trinajstić information content (AvgIpc) is 2.62. The molecule has 2 aromatic heterocycles. The molecule has 0 aliphatic rings. The second-order valence-electron chi connectivity index (χ2n) is 4.80. The van der Waals surface area contributed by atoms with Gasteiger partial charge in [-0.1, -0.05) is 36.4 Å². The molecule has 5 nitrogen and oxygen atoms in total. The fraction of sp³-hybridized carbons (Fsp3) is 0. The molecule has 2 heterocycles. The third kappa shape index (κ3) is 3.47. The highest BCUT2D eigenvalue weighted by Gasteiger charge is 2.01. The summed E-state index contributed by atoms with van der Waals surface area (Å²) in [6.45, 7) is 0. The Labute approximate surface area is 132 Å². The van der Waals surface area contributed by atoms with Crippen molar-refractivity contribution in [2.45, 2.75) is 0 Å². The minimum absolute atomic E-state index is 0.304. The van der Waals surface area contributed by atoms with E-state index in [4.69, 9.17) is 5.73 Å². The molecule has 0 saturated carbocycles. The van der Waals surface area contributed by atoms with Crippen molar-refractivity contribution in [3.63, 3.8) is 0 Å². The maximum Gasteiger partial charge on any atom is 0.267 e. The number of pyridine rings is 1. The zero-order valence-electron chi connectivity index (χ0n) is 12.3. The van der Waals surface area contributed by atoms with E-state index in [2.05, 4.69) is 15.0 Å². The van der Waals surface area contributed by atoms with Gasteiger partial charge in [-0.3, -0.25) is 14.8 Å². The number of hydrogen-bond acceptors (Lipinski definition) is 4. The maximum absolute atomic E-state index is 10.8. The number of hydrogen-bond donors (Lipinski definition) is 1. The van der Waals surface area contributed by atoms with Crippen molar-refractivity contribution in [1.29, 1.82) is 0 Å². The van der Waals surface area contributed by atoms with Gasteiger partial charge >= 0.3 is 0 Å². The lowest BCUT2D eigenvalue weighted by molar-refractivity contribution is 0.0996. The van der Waals surface area contributed by atoms with Gasteiger partial charge in [0.1, 0.15) is 5.69 Å². The lowest BCUT2D eigenvalue weighted by Gasteiger charge is -1.97. The molecule has 2 aromatic carbocycles. The van der Waals surface area contributed by atoms with Gasteiger partial charge in [0, 0.05) is 17.8 Å². The van der Waals surface area contributed by atoms with Gasteiger partial charge in [0.25, 0.3) is 5.91 Å². The largest absolute Gasteiger partial charge is 0.364 e. The molecule has 0 atom stereocenters. The summed E-state index contributed by atoms with van der Waals surface area (Å²) in [4.78, 5) is 23.1. The summed E-state index contributed by atoms with van der Waals surface area (Å²) in [6, 6.07) is 18.9. The molecule has 0 aliphatic heterocycles. The third-order valence-electron chi connectivity index (χ3n) is 3.23. The van der Waals surface area contributed by atoms with E-state index in [1.807, 2.05) is 54.6 Å². The quantitative estimate of drug-likeness (QED) is 0.586. The summed E-state index contributed by atoms with van der Waals surface area (Å²) in [5.41, 5.74) is 8.10. The van der Waals surface area contributed by atoms with Gasteiger partial charge in [0.05, 0.1) is 16.6 Å². The molecular formula is C18H14N4O. The van der Waals surface area contributed by atoms with Gasteiger partial charge < -0.3 is 5.73 Å². The zero-order valence-corrected chi connectivity index (χ0v) is 12.3. The van der Waals surface area contributed by atoms with Crippen LogP contribution in [0, 0.1) is 0 Å². The van der Waals surface area contributed by atoms with Crippen LogP contribution in [0.15, 0.2) is 73.1 Å². The number of nitrogens with zero attached hydrogens (tertiary/aromatic N) is 3. The summed E-state index contributed by atoms with van der Waals surface area (Å²) >= 11 is 0. The minimum Gasteiger partial charge on any atom is -0.364 e. The highest BCUT2D eigenvalue weighted by Crippen LogP contribution is 2.11. The van der Waals surface area contributed by atoms with Gasteiger partial charge in [0.2, 0.25) is 0 Å². The Kier molecular flexibility index (Phi) is 4.20. The molecule has 23 heavy (non-hydrogen) atoms. The Morgan fingerprint density at radius 2 is 1.30 bits per heavy atom. The number of aromatic nitrogens is 3. The van der Waals surface area contributed by atoms with Crippen LogP contribution in [-0.4, -0.2) is 20.9 Å². The van der Waals surface area contributed by atoms with Gasteiger partial charge in [-0.25, -0.2) is 4.98 Å². The predicted octanol–water partition coefficient (Wildman–Crippen LogP) is 2.96. The Hall–Kier alpha value is -3.34. The molecule has 1 amide bonds. The fourth-order valence-electron chi connectivity index (χ4n) is 2.11. The molecule has 0 unspecified atom stereocenters. The molecule has 4 rings (SSSR count). The second kappa shape index (κ2) is 6.62. The number of amides is 1. The number of carbonyl (C=O) groups is 1. The molecule has 2 N–H and O–H groups in total. The first-order valence-electron chi connectivity index (χ1n) is 7.05. The predicted molar refractivity (Wildman–Crippen MR) is 89.8 cm³/mol. The number of rotatable bonds is 1. The first kappa shape index (κ1) is 14.6. The fourth-order valence-corrected chi connectivity index (χ4v) is 2.11. The van der Waals surface area contributed by atoms with Crippen LogP contribution in [0.4, 0.5) is 0 Å². The van der Waals surface area contributed by atoms with Crippen LogP contribution in [0.3, 0.4) is 0 Å². The van der Waals surface area contributed by atoms with E-state index in [0.29, 0.717) is 5.69 Å². The standard InChI is InChI=1S/C10H8N2O.C8H6N2/c11-10(13)9-6-5-7-3-1-2-4-8(7)12-9;1-2-4-8-7(3-1)9-5-6-10-8/h1-6H,(H2,11,13);1-6H. The number of carbonyl (C=O) groups excluding carboxylic acids is 1. The summed E-state index contributed by atoms with van der Waals surface area (Å²) in [7, 11) is 0. The second-order valence-corrected chi connectivity index (χ2v) is 4.80. The van der Waals surface area contributed by atoms with Crippen molar-refractivity contribution < 1.29 is 4.79 Å². The van der Waals surface area contributed by atoms with E-state index in [1.165, 1.54) is 0 Å². The van der Waals surface area contributed by atoms with Gasteiger partial charge in [-0.15, -0.1) is 0 Å². The van der Waals surface area contributed by atoms with Crippen molar-refractivity contribution in [3.05, 3.63) is 78.8 Å².